The van der Waals surface area contributed by atoms with Crippen LogP contribution in [0.4, 0.5) is 5.69 Å². The van der Waals surface area contributed by atoms with E-state index in [0.717, 1.165) is 45.7 Å². The van der Waals surface area contributed by atoms with Crippen LogP contribution >= 0.6 is 11.3 Å². The number of aliphatic hydroxyl groups is 2. The summed E-state index contributed by atoms with van der Waals surface area (Å²) < 4.78 is 0. The minimum absolute atomic E-state index is 0.147. The summed E-state index contributed by atoms with van der Waals surface area (Å²) in [6.07, 6.45) is -2.14. The van der Waals surface area contributed by atoms with Gasteiger partial charge >= 0.3 is 0 Å². The van der Waals surface area contributed by atoms with Gasteiger partial charge in [0.2, 0.25) is 0 Å². The number of amides is 2. The Morgan fingerprint density at radius 3 is 2.37 bits per heavy atom. The summed E-state index contributed by atoms with van der Waals surface area (Å²) in [4.78, 5) is 33.9. The van der Waals surface area contributed by atoms with Crippen LogP contribution in [0.1, 0.15) is 34.9 Å². The van der Waals surface area contributed by atoms with E-state index in [1.165, 1.54) is 0 Å². The van der Waals surface area contributed by atoms with Crippen molar-refractivity contribution in [2.75, 3.05) is 12.0 Å². The maximum Gasteiger partial charge on any atom is 0.255 e. The molecule has 0 unspecified atom stereocenters. The fourth-order valence-electron chi connectivity index (χ4n) is 5.00. The van der Waals surface area contributed by atoms with Gasteiger partial charge in [-0.3, -0.25) is 19.9 Å². The number of aliphatic hydroxyl groups excluding tert-OH is 2. The number of para-hydroxylation sites is 1. The van der Waals surface area contributed by atoms with Crippen molar-refractivity contribution in [1.82, 2.24) is 10.2 Å². The molecule has 1 aromatic heterocycles. The minimum atomic E-state index is -1.86. The van der Waals surface area contributed by atoms with Gasteiger partial charge in [0, 0.05) is 18.0 Å². The Morgan fingerprint density at radius 2 is 1.63 bits per heavy atom. The van der Waals surface area contributed by atoms with Crippen LogP contribution < -0.4 is 10.8 Å². The van der Waals surface area contributed by atoms with E-state index < -0.39 is 24.0 Å². The average molecular weight is 572 g/mol. The normalized spacial score (nSPS) is 16.2. The van der Waals surface area contributed by atoms with Crippen LogP contribution in [0.25, 0.3) is 11.1 Å². The molecule has 0 saturated carbocycles. The molecule has 4 aromatic rings. The van der Waals surface area contributed by atoms with Crippen LogP contribution in [0.3, 0.4) is 0 Å². The van der Waals surface area contributed by atoms with Gasteiger partial charge in [-0.05, 0) is 58.7 Å². The molecule has 4 N–H and O–H groups in total. The van der Waals surface area contributed by atoms with Gasteiger partial charge in [-0.2, -0.15) is 0 Å². The zero-order chi connectivity index (χ0) is 28.6. The zero-order valence-electron chi connectivity index (χ0n) is 22.5. The van der Waals surface area contributed by atoms with E-state index in [1.54, 1.807) is 16.2 Å². The molecule has 9 heteroatoms. The molecular formula is C32H33N3O5S. The van der Waals surface area contributed by atoms with E-state index in [9.17, 15) is 19.8 Å². The number of nitrogens with zero attached hydrogens (tertiary/aromatic N) is 1. The summed E-state index contributed by atoms with van der Waals surface area (Å²) in [5.74, 6) is -1.44. The van der Waals surface area contributed by atoms with Gasteiger partial charge in [0.15, 0.2) is 12.2 Å². The van der Waals surface area contributed by atoms with Crippen molar-refractivity contribution in [1.29, 1.82) is 0 Å². The lowest BCUT2D eigenvalue weighted by molar-refractivity contribution is -0.153. The summed E-state index contributed by atoms with van der Waals surface area (Å²) in [7, 11) is 0. The molecule has 1 aliphatic heterocycles. The van der Waals surface area contributed by atoms with Gasteiger partial charge in [0.1, 0.15) is 6.61 Å². The highest BCUT2D eigenvalue weighted by Gasteiger charge is 2.38. The molecule has 0 bridgehead atoms. The number of benzene rings is 3. The van der Waals surface area contributed by atoms with Crippen molar-refractivity contribution in [3.63, 3.8) is 0 Å². The maximum atomic E-state index is 13.0. The molecule has 0 aliphatic carbocycles. The second kappa shape index (κ2) is 13.6. The van der Waals surface area contributed by atoms with Crippen LogP contribution in [0, 0.1) is 0 Å². The predicted octanol–water partition coefficient (Wildman–Crippen LogP) is 4.66. The summed E-state index contributed by atoms with van der Waals surface area (Å²) in [5, 5.41) is 25.7. The number of carbonyl (C=O) groups is 2. The van der Waals surface area contributed by atoms with E-state index in [-0.39, 0.29) is 12.6 Å². The topological polar surface area (TPSA) is 111 Å². The third-order valence-corrected chi connectivity index (χ3v) is 8.08. The highest BCUT2D eigenvalue weighted by Crippen LogP contribution is 2.32. The van der Waals surface area contributed by atoms with Crippen molar-refractivity contribution in [2.24, 2.45) is 0 Å². The fourth-order valence-corrected chi connectivity index (χ4v) is 5.81. The van der Waals surface area contributed by atoms with Crippen LogP contribution in [0.2, 0.25) is 0 Å². The monoisotopic (exact) mass is 571 g/mol. The quantitative estimate of drug-likeness (QED) is 0.195. The standard InChI is InChI=1S/C32H33N3O5S/c36-29(30(37)32(39)35-18-7-12-27(35)24-8-3-1-4-9-24)31(38)33-20-22-13-15-23(16-14-22)26-17-19-41-28(26)21-40-34-25-10-5-2-6-11-25/h1-6,8-11,13-17,19,27,29-30,34,36-37H,7,12,18,20-21H2,(H,33,38)/t27-,29-,30-/m1/s1. The van der Waals surface area contributed by atoms with Gasteiger partial charge in [-0.15, -0.1) is 11.3 Å². The number of hydrogen-bond donors (Lipinski definition) is 4. The second-order valence-corrected chi connectivity index (χ2v) is 10.9. The van der Waals surface area contributed by atoms with Crippen molar-refractivity contribution >= 4 is 28.8 Å². The predicted molar refractivity (Wildman–Crippen MR) is 159 cm³/mol. The minimum Gasteiger partial charge on any atom is -0.380 e. The summed E-state index contributed by atoms with van der Waals surface area (Å²) in [5.41, 5.74) is 7.70. The molecule has 3 aromatic carbocycles. The summed E-state index contributed by atoms with van der Waals surface area (Å²) in [6.45, 7) is 1.02. The second-order valence-electron chi connectivity index (χ2n) is 9.92. The Kier molecular flexibility index (Phi) is 9.43. The first kappa shape index (κ1) is 28.5. The van der Waals surface area contributed by atoms with E-state index in [0.29, 0.717) is 13.2 Å². The van der Waals surface area contributed by atoms with Crippen LogP contribution in [0.5, 0.6) is 0 Å². The van der Waals surface area contributed by atoms with Crippen LogP contribution in [0.15, 0.2) is 96.4 Å². The van der Waals surface area contributed by atoms with Gasteiger partial charge in [-0.1, -0.05) is 72.8 Å². The molecule has 1 aliphatic rings. The number of likely N-dealkylation sites (tertiary alicyclic amines) is 1. The number of hydrogen-bond acceptors (Lipinski definition) is 7. The highest BCUT2D eigenvalue weighted by molar-refractivity contribution is 7.10. The molecule has 1 fully saturated rings. The number of anilines is 1. The molecule has 8 nitrogen and oxygen atoms in total. The van der Waals surface area contributed by atoms with Gasteiger partial charge in [0.25, 0.3) is 11.8 Å². The highest BCUT2D eigenvalue weighted by atomic mass is 32.1. The van der Waals surface area contributed by atoms with Gasteiger partial charge < -0.3 is 20.4 Å². The van der Waals surface area contributed by atoms with E-state index in [4.69, 9.17) is 4.84 Å². The molecule has 0 spiro atoms. The van der Waals surface area contributed by atoms with Crippen LogP contribution in [-0.4, -0.2) is 45.7 Å². The molecule has 2 heterocycles. The summed E-state index contributed by atoms with van der Waals surface area (Å²) in [6, 6.07) is 28.8. The Morgan fingerprint density at radius 1 is 0.927 bits per heavy atom. The van der Waals surface area contributed by atoms with Gasteiger partial charge in [-0.25, -0.2) is 0 Å². The molecule has 41 heavy (non-hydrogen) atoms. The van der Waals surface area contributed by atoms with Crippen molar-refractivity contribution < 1.29 is 24.6 Å². The number of carbonyl (C=O) groups excluding carboxylic acids is 2. The first-order valence-electron chi connectivity index (χ1n) is 13.6. The molecule has 3 atom stereocenters. The SMILES string of the molecule is O=C(NCc1ccc(-c2ccsc2CONc2ccccc2)cc1)[C@H](O)[C@@H](O)C(=O)N1CCC[C@@H]1c1ccccc1. The van der Waals surface area contributed by atoms with E-state index in [2.05, 4.69) is 10.8 Å². The molecule has 1 saturated heterocycles. The number of thiophene rings is 1. The molecule has 212 valence electrons. The maximum absolute atomic E-state index is 13.0. The zero-order valence-corrected chi connectivity index (χ0v) is 23.3. The molecule has 2 amide bonds. The first-order valence-corrected chi connectivity index (χ1v) is 14.5. The number of nitrogens with one attached hydrogen (secondary N) is 2. The van der Waals surface area contributed by atoms with Crippen molar-refractivity contribution in [2.45, 2.75) is 44.2 Å². The van der Waals surface area contributed by atoms with Crippen molar-refractivity contribution in [3.8, 4) is 11.1 Å². The van der Waals surface area contributed by atoms with E-state index >= 15 is 0 Å². The Labute approximate surface area is 243 Å². The van der Waals surface area contributed by atoms with Gasteiger partial charge in [0.05, 0.1) is 11.7 Å². The smallest absolute Gasteiger partial charge is 0.255 e. The lowest BCUT2D eigenvalue weighted by Crippen LogP contribution is -2.50. The number of rotatable bonds is 11. The average Bonchev–Trinajstić information content (AvgIpc) is 3.70. The Bertz CT molecular complexity index is 1430. The molecule has 0 radical (unpaired) electrons. The molecule has 5 rings (SSSR count). The third-order valence-electron chi connectivity index (χ3n) is 7.19. The largest absolute Gasteiger partial charge is 0.380 e. The Balaban J connectivity index is 1.12. The Hall–Kier alpha value is -4.02. The first-order chi connectivity index (χ1) is 20.0. The lowest BCUT2D eigenvalue weighted by atomic mass is 10.0. The van der Waals surface area contributed by atoms with E-state index in [1.807, 2.05) is 96.4 Å². The van der Waals surface area contributed by atoms with Crippen LogP contribution in [-0.2, 0) is 27.6 Å². The third kappa shape index (κ3) is 7.01. The molecular weight excluding hydrogens is 538 g/mol. The van der Waals surface area contributed by atoms with Crippen molar-refractivity contribution in [3.05, 3.63) is 112 Å². The lowest BCUT2D eigenvalue weighted by Gasteiger charge is -2.28. The fraction of sp³-hybridized carbons (Fsp3) is 0.250. The summed E-state index contributed by atoms with van der Waals surface area (Å²) >= 11 is 1.61.